The van der Waals surface area contributed by atoms with Gasteiger partial charge in [-0.05, 0) is 72.6 Å². The number of aryl methyl sites for hydroxylation is 1. The van der Waals surface area contributed by atoms with Gasteiger partial charge < -0.3 is 4.74 Å². The molecule has 1 nitrogen and oxygen atoms in total. The number of hydrogen-bond donors (Lipinski definition) is 0. The first-order valence-corrected chi connectivity index (χ1v) is 8.15. The zero-order valence-corrected chi connectivity index (χ0v) is 13.7. The van der Waals surface area contributed by atoms with Gasteiger partial charge in [0.1, 0.15) is 11.6 Å². The summed E-state index contributed by atoms with van der Waals surface area (Å²) < 4.78 is 55.3. The summed E-state index contributed by atoms with van der Waals surface area (Å²) in [6.45, 7) is 1.88. The van der Waals surface area contributed by atoms with Gasteiger partial charge in [0, 0.05) is 0 Å². The molecule has 3 rings (SSSR count). The number of allylic oxidation sites excluding steroid dienone is 1. The van der Waals surface area contributed by atoms with Gasteiger partial charge in [0.2, 0.25) is 0 Å². The first-order valence-electron chi connectivity index (χ1n) is 8.15. The van der Waals surface area contributed by atoms with Gasteiger partial charge in [0.05, 0.1) is 0 Å². The number of fused-ring (bicyclic) bond motifs is 1. The third kappa shape index (κ3) is 4.21. The molecule has 0 saturated carbocycles. The van der Waals surface area contributed by atoms with Crippen molar-refractivity contribution in [3.63, 3.8) is 0 Å². The molecule has 132 valence electrons. The summed E-state index contributed by atoms with van der Waals surface area (Å²) in [6.07, 6.45) is 0.912. The molecule has 0 heterocycles. The van der Waals surface area contributed by atoms with Gasteiger partial charge >= 0.3 is 6.36 Å². The van der Waals surface area contributed by atoms with Crippen LogP contribution in [-0.4, -0.2) is 6.36 Å². The van der Waals surface area contributed by atoms with Crippen LogP contribution in [-0.2, 0) is 12.8 Å². The smallest absolute Gasteiger partial charge is 0.406 e. The van der Waals surface area contributed by atoms with E-state index in [1.807, 2.05) is 31.2 Å². The molecule has 2 aromatic carbocycles. The van der Waals surface area contributed by atoms with Gasteiger partial charge in [0.15, 0.2) is 0 Å². The van der Waals surface area contributed by atoms with E-state index in [2.05, 4.69) is 4.74 Å². The van der Waals surface area contributed by atoms with E-state index >= 15 is 0 Å². The van der Waals surface area contributed by atoms with Crippen LogP contribution in [0.4, 0.5) is 17.6 Å². The van der Waals surface area contributed by atoms with E-state index in [1.165, 1.54) is 18.2 Å². The molecule has 5 heteroatoms. The summed E-state index contributed by atoms with van der Waals surface area (Å²) >= 11 is 0. The fraction of sp³-hybridized carbons (Fsp3) is 0.300. The second-order valence-electron chi connectivity index (χ2n) is 6.20. The highest BCUT2D eigenvalue weighted by molar-refractivity contribution is 5.50. The van der Waals surface area contributed by atoms with Gasteiger partial charge in [-0.25, -0.2) is 4.39 Å². The SMILES string of the molecule is C/C=C/c1ccc(C2CCc3cc(OC(F)(F)F)ccc3C2)c(F)c1. The van der Waals surface area contributed by atoms with E-state index in [0.717, 1.165) is 16.7 Å². The number of rotatable bonds is 3. The zero-order chi connectivity index (χ0) is 18.0. The number of halogens is 4. The minimum absolute atomic E-state index is 0.0292. The summed E-state index contributed by atoms with van der Waals surface area (Å²) in [4.78, 5) is 0. The highest BCUT2D eigenvalue weighted by Gasteiger charge is 2.31. The van der Waals surface area contributed by atoms with Crippen molar-refractivity contribution in [1.82, 2.24) is 0 Å². The topological polar surface area (TPSA) is 9.23 Å². The molecule has 25 heavy (non-hydrogen) atoms. The average molecular weight is 350 g/mol. The fourth-order valence-electron chi connectivity index (χ4n) is 3.36. The van der Waals surface area contributed by atoms with E-state index in [0.29, 0.717) is 24.8 Å². The minimum atomic E-state index is -4.69. The molecule has 0 spiro atoms. The molecule has 1 aliphatic carbocycles. The van der Waals surface area contributed by atoms with E-state index in [-0.39, 0.29) is 17.5 Å². The van der Waals surface area contributed by atoms with Crippen LogP contribution in [0.2, 0.25) is 0 Å². The molecular formula is C20H18F4O. The Bertz CT molecular complexity index is 793. The molecule has 0 aromatic heterocycles. The maximum atomic E-state index is 14.4. The van der Waals surface area contributed by atoms with Crippen LogP contribution >= 0.6 is 0 Å². The molecule has 0 fully saturated rings. The standard InChI is InChI=1S/C20H18F4O/c1-2-3-13-4-9-18(19(21)10-13)16-6-5-15-12-17(25-20(22,23)24)8-7-14(15)11-16/h2-4,7-10,12,16H,5-6,11H2,1H3/b3-2+. The van der Waals surface area contributed by atoms with Crippen LogP contribution < -0.4 is 4.74 Å². The van der Waals surface area contributed by atoms with Crippen LogP contribution in [0.3, 0.4) is 0 Å². The Morgan fingerprint density at radius 2 is 1.88 bits per heavy atom. The maximum absolute atomic E-state index is 14.4. The van der Waals surface area contributed by atoms with Crippen LogP contribution in [0.5, 0.6) is 5.75 Å². The van der Waals surface area contributed by atoms with Crippen molar-refractivity contribution >= 4 is 6.08 Å². The Morgan fingerprint density at radius 3 is 2.56 bits per heavy atom. The van der Waals surface area contributed by atoms with Crippen molar-refractivity contribution in [2.24, 2.45) is 0 Å². The van der Waals surface area contributed by atoms with E-state index in [1.54, 1.807) is 6.07 Å². The molecule has 0 radical (unpaired) electrons. The summed E-state index contributed by atoms with van der Waals surface area (Å²) in [5.41, 5.74) is 3.26. The molecule has 0 aliphatic heterocycles. The lowest BCUT2D eigenvalue weighted by molar-refractivity contribution is -0.274. The number of ether oxygens (including phenoxy) is 1. The third-order valence-corrected chi connectivity index (χ3v) is 4.46. The minimum Gasteiger partial charge on any atom is -0.406 e. The Kier molecular flexibility index (Phi) is 4.84. The molecule has 0 N–H and O–H groups in total. The lowest BCUT2D eigenvalue weighted by atomic mass is 9.80. The molecule has 2 aromatic rings. The number of hydrogen-bond acceptors (Lipinski definition) is 1. The van der Waals surface area contributed by atoms with Gasteiger partial charge in [-0.3, -0.25) is 0 Å². The van der Waals surface area contributed by atoms with Crippen LogP contribution in [0.25, 0.3) is 6.08 Å². The van der Waals surface area contributed by atoms with Crippen molar-refractivity contribution in [2.45, 2.75) is 38.5 Å². The monoisotopic (exact) mass is 350 g/mol. The first-order chi connectivity index (χ1) is 11.9. The molecule has 1 atom stereocenters. The first kappa shape index (κ1) is 17.5. The van der Waals surface area contributed by atoms with Gasteiger partial charge in [0.25, 0.3) is 0 Å². The highest BCUT2D eigenvalue weighted by Crippen LogP contribution is 2.36. The van der Waals surface area contributed by atoms with Gasteiger partial charge in [-0.15, -0.1) is 13.2 Å². The largest absolute Gasteiger partial charge is 0.573 e. The predicted octanol–water partition coefficient (Wildman–Crippen LogP) is 6.03. The average Bonchev–Trinajstić information content (AvgIpc) is 2.53. The lowest BCUT2D eigenvalue weighted by Gasteiger charge is -2.26. The van der Waals surface area contributed by atoms with Gasteiger partial charge in [-0.2, -0.15) is 0 Å². The lowest BCUT2D eigenvalue weighted by Crippen LogP contribution is -2.18. The summed E-state index contributed by atoms with van der Waals surface area (Å²) in [6, 6.07) is 9.61. The van der Waals surface area contributed by atoms with Crippen molar-refractivity contribution in [1.29, 1.82) is 0 Å². The normalized spacial score (nSPS) is 17.6. The summed E-state index contributed by atoms with van der Waals surface area (Å²) in [5.74, 6) is -0.408. The van der Waals surface area contributed by atoms with E-state index < -0.39 is 6.36 Å². The quantitative estimate of drug-likeness (QED) is 0.614. The maximum Gasteiger partial charge on any atom is 0.573 e. The predicted molar refractivity (Wildman–Crippen MR) is 89.0 cm³/mol. The fourth-order valence-corrected chi connectivity index (χ4v) is 3.36. The Morgan fingerprint density at radius 1 is 1.08 bits per heavy atom. The molecule has 0 saturated heterocycles. The second-order valence-corrected chi connectivity index (χ2v) is 6.20. The Balaban J connectivity index is 1.80. The van der Waals surface area contributed by atoms with Crippen LogP contribution in [0.1, 0.15) is 41.5 Å². The molecule has 0 bridgehead atoms. The van der Waals surface area contributed by atoms with Crippen LogP contribution in [0, 0.1) is 5.82 Å². The Hall–Kier alpha value is -2.30. The molecule has 1 aliphatic rings. The Labute approximate surface area is 143 Å². The van der Waals surface area contributed by atoms with Crippen molar-refractivity contribution in [3.8, 4) is 5.75 Å². The molecule has 0 amide bonds. The zero-order valence-electron chi connectivity index (χ0n) is 13.7. The van der Waals surface area contributed by atoms with Crippen LogP contribution in [0.15, 0.2) is 42.5 Å². The highest BCUT2D eigenvalue weighted by atomic mass is 19.4. The third-order valence-electron chi connectivity index (χ3n) is 4.46. The molecule has 1 unspecified atom stereocenters. The summed E-state index contributed by atoms with van der Waals surface area (Å²) in [7, 11) is 0. The van der Waals surface area contributed by atoms with E-state index in [9.17, 15) is 17.6 Å². The van der Waals surface area contributed by atoms with Crippen molar-refractivity contribution in [2.75, 3.05) is 0 Å². The second kappa shape index (κ2) is 6.90. The van der Waals surface area contributed by atoms with Crippen molar-refractivity contribution in [3.05, 3.63) is 70.5 Å². The number of alkyl halides is 3. The van der Waals surface area contributed by atoms with Crippen molar-refractivity contribution < 1.29 is 22.3 Å². The molecular weight excluding hydrogens is 332 g/mol. The summed E-state index contributed by atoms with van der Waals surface area (Å²) in [5, 5.41) is 0. The van der Waals surface area contributed by atoms with Gasteiger partial charge in [-0.1, -0.05) is 30.4 Å². The van der Waals surface area contributed by atoms with E-state index in [4.69, 9.17) is 0 Å². The number of benzene rings is 2.